The summed E-state index contributed by atoms with van der Waals surface area (Å²) in [6, 6.07) is 13.2. The van der Waals surface area contributed by atoms with E-state index < -0.39 is 0 Å². The van der Waals surface area contributed by atoms with E-state index in [1.807, 2.05) is 37.3 Å². The number of carbonyl (C=O) groups is 1. The molecule has 1 aliphatic rings. The Bertz CT molecular complexity index is 1540. The Labute approximate surface area is 220 Å². The lowest BCUT2D eigenvalue weighted by atomic mass is 9.97. The lowest BCUT2D eigenvalue weighted by Gasteiger charge is -2.38. The summed E-state index contributed by atoms with van der Waals surface area (Å²) in [7, 11) is 1.76. The van der Waals surface area contributed by atoms with Crippen molar-refractivity contribution in [3.63, 3.8) is 0 Å². The number of aromatic nitrogens is 4. The minimum Gasteiger partial charge on any atom is -0.493 e. The molecule has 0 radical (unpaired) electrons. The van der Waals surface area contributed by atoms with Crippen molar-refractivity contribution >= 4 is 28.3 Å². The number of aryl methyl sites for hydroxylation is 2. The third-order valence-corrected chi connectivity index (χ3v) is 6.80. The van der Waals surface area contributed by atoms with Crippen LogP contribution in [0.1, 0.15) is 31.5 Å². The number of anilines is 2. The summed E-state index contributed by atoms with van der Waals surface area (Å²) >= 11 is 0. The molecule has 0 spiro atoms. The van der Waals surface area contributed by atoms with E-state index in [9.17, 15) is 9.59 Å². The zero-order chi connectivity index (χ0) is 26.8. The van der Waals surface area contributed by atoms with E-state index in [0.717, 1.165) is 29.7 Å². The quantitative estimate of drug-likeness (QED) is 0.291. The molecule has 0 unspecified atom stereocenters. The third-order valence-electron chi connectivity index (χ3n) is 6.80. The molecule has 5 rings (SSSR count). The summed E-state index contributed by atoms with van der Waals surface area (Å²) < 4.78 is 7.48. The van der Waals surface area contributed by atoms with Crippen molar-refractivity contribution in [3.05, 3.63) is 64.1 Å². The van der Waals surface area contributed by atoms with E-state index in [-0.39, 0.29) is 17.4 Å². The molecule has 0 aliphatic carbocycles. The first-order valence-corrected chi connectivity index (χ1v) is 13.0. The van der Waals surface area contributed by atoms with Crippen LogP contribution < -0.4 is 21.3 Å². The van der Waals surface area contributed by atoms with Crippen LogP contribution in [0.2, 0.25) is 0 Å². The minimum atomic E-state index is -0.231. The zero-order valence-corrected chi connectivity index (χ0v) is 22.0. The van der Waals surface area contributed by atoms with E-state index in [1.54, 1.807) is 23.9 Å². The number of nitrogens with two attached hydrogens (primary N) is 1. The lowest BCUT2D eigenvalue weighted by molar-refractivity contribution is -0.125. The Morgan fingerprint density at radius 3 is 2.74 bits per heavy atom. The molecule has 1 fully saturated rings. The first-order chi connectivity index (χ1) is 18.4. The van der Waals surface area contributed by atoms with Crippen LogP contribution in [0.3, 0.4) is 0 Å². The summed E-state index contributed by atoms with van der Waals surface area (Å²) in [6.07, 6.45) is 1.65. The van der Waals surface area contributed by atoms with E-state index in [0.29, 0.717) is 60.2 Å². The van der Waals surface area contributed by atoms with Crippen molar-refractivity contribution in [1.82, 2.24) is 24.6 Å². The van der Waals surface area contributed by atoms with Crippen molar-refractivity contribution in [2.24, 2.45) is 13.0 Å². The average Bonchev–Trinajstić information content (AvgIpc) is 3.19. The largest absolute Gasteiger partial charge is 0.493 e. The number of nitrogens with one attached hydrogen (secondary N) is 2. The highest BCUT2D eigenvalue weighted by Crippen LogP contribution is 2.31. The summed E-state index contributed by atoms with van der Waals surface area (Å²) in [5.74, 6) is 0.987. The SMILES string of the molecule is CCCc1nn(C)c2c(=O)[nH]c(-c3cc(CN4CC(C(=O)Nc5ccccc5N)C4)ccc3OCC)nc12. The summed E-state index contributed by atoms with van der Waals surface area (Å²) in [5.41, 5.74) is 10.6. The maximum Gasteiger partial charge on any atom is 0.277 e. The smallest absolute Gasteiger partial charge is 0.277 e. The van der Waals surface area contributed by atoms with Crippen LogP contribution in [0.4, 0.5) is 11.4 Å². The molecule has 0 atom stereocenters. The molecule has 2 aromatic carbocycles. The number of likely N-dealkylation sites (tertiary alicyclic amines) is 1. The second-order valence-electron chi connectivity index (χ2n) is 9.66. The van der Waals surface area contributed by atoms with Crippen LogP contribution in [0, 0.1) is 5.92 Å². The first kappa shape index (κ1) is 25.5. The van der Waals surface area contributed by atoms with E-state index >= 15 is 0 Å². The molecule has 4 N–H and O–H groups in total. The van der Waals surface area contributed by atoms with Gasteiger partial charge in [0, 0.05) is 26.7 Å². The Morgan fingerprint density at radius 2 is 2.00 bits per heavy atom. The lowest BCUT2D eigenvalue weighted by Crippen LogP contribution is -2.51. The van der Waals surface area contributed by atoms with Crippen molar-refractivity contribution in [3.8, 4) is 17.1 Å². The maximum atomic E-state index is 13.0. The normalized spacial score (nSPS) is 14.0. The number of ether oxygens (including phenoxy) is 1. The number of nitrogens with zero attached hydrogens (tertiary/aromatic N) is 4. The van der Waals surface area contributed by atoms with E-state index in [2.05, 4.69) is 27.2 Å². The number of para-hydroxylation sites is 2. The van der Waals surface area contributed by atoms with E-state index in [1.165, 1.54) is 0 Å². The molecule has 0 bridgehead atoms. The number of H-pyrrole nitrogens is 1. The van der Waals surface area contributed by atoms with Crippen LogP contribution in [0.5, 0.6) is 5.75 Å². The van der Waals surface area contributed by atoms with Gasteiger partial charge in [0.15, 0.2) is 5.52 Å². The number of fused-ring (bicyclic) bond motifs is 1. The second kappa shape index (κ2) is 10.7. The summed E-state index contributed by atoms with van der Waals surface area (Å²) in [6.45, 7) is 6.45. The molecule has 198 valence electrons. The molecule has 1 aliphatic heterocycles. The molecule has 4 aromatic rings. The summed E-state index contributed by atoms with van der Waals surface area (Å²) in [4.78, 5) is 35.6. The molecule has 10 nitrogen and oxygen atoms in total. The monoisotopic (exact) mass is 515 g/mol. The Hall–Kier alpha value is -4.18. The number of rotatable bonds is 9. The number of nitrogen functional groups attached to an aromatic ring is 1. The van der Waals surface area contributed by atoms with Crippen molar-refractivity contribution in [2.75, 3.05) is 30.7 Å². The molecular formula is C28H33N7O3. The van der Waals surface area contributed by atoms with Crippen LogP contribution in [0.15, 0.2) is 47.3 Å². The van der Waals surface area contributed by atoms with Crippen LogP contribution in [-0.4, -0.2) is 50.3 Å². The number of amides is 1. The van der Waals surface area contributed by atoms with Gasteiger partial charge in [0.05, 0.1) is 35.2 Å². The van der Waals surface area contributed by atoms with Gasteiger partial charge in [-0.2, -0.15) is 5.10 Å². The highest BCUT2D eigenvalue weighted by molar-refractivity contribution is 5.96. The molecule has 1 saturated heterocycles. The highest BCUT2D eigenvalue weighted by Gasteiger charge is 2.33. The number of carbonyl (C=O) groups excluding carboxylic acids is 1. The van der Waals surface area contributed by atoms with Crippen LogP contribution in [-0.2, 0) is 24.8 Å². The molecule has 1 amide bonds. The molecule has 38 heavy (non-hydrogen) atoms. The van der Waals surface area contributed by atoms with Crippen molar-refractivity contribution in [1.29, 1.82) is 0 Å². The minimum absolute atomic E-state index is 0.0269. The standard InChI is InChI=1S/C28H33N7O3/c1-4-8-22-24-25(34(3)33-22)28(37)32-26(31-24)19-13-17(11-12-23(19)38-5-2)14-35-15-18(16-35)27(36)30-21-10-7-6-9-20(21)29/h6-7,9-13,18H,4-5,8,14-16,29H2,1-3H3,(H,30,36)(H,31,32,37). The fourth-order valence-corrected chi connectivity index (χ4v) is 4.89. The second-order valence-corrected chi connectivity index (χ2v) is 9.66. The number of aromatic amines is 1. The molecule has 10 heteroatoms. The maximum absolute atomic E-state index is 13.0. The van der Waals surface area contributed by atoms with Gasteiger partial charge >= 0.3 is 0 Å². The van der Waals surface area contributed by atoms with Gasteiger partial charge in [0.2, 0.25) is 5.91 Å². The molecular weight excluding hydrogens is 482 g/mol. The van der Waals surface area contributed by atoms with Gasteiger partial charge in [0.25, 0.3) is 5.56 Å². The Kier molecular flexibility index (Phi) is 7.15. The number of hydrogen-bond acceptors (Lipinski definition) is 7. The van der Waals surface area contributed by atoms with E-state index in [4.69, 9.17) is 15.5 Å². The van der Waals surface area contributed by atoms with Crippen LogP contribution >= 0.6 is 0 Å². The third kappa shape index (κ3) is 4.99. The van der Waals surface area contributed by atoms with Crippen LogP contribution in [0.25, 0.3) is 22.4 Å². The van der Waals surface area contributed by atoms with Gasteiger partial charge in [-0.3, -0.25) is 19.2 Å². The van der Waals surface area contributed by atoms with Crippen molar-refractivity contribution in [2.45, 2.75) is 33.2 Å². The summed E-state index contributed by atoms with van der Waals surface area (Å²) in [5, 5.41) is 7.45. The number of benzene rings is 2. The molecule has 2 aromatic heterocycles. The van der Waals surface area contributed by atoms with Gasteiger partial charge in [-0.15, -0.1) is 0 Å². The fraction of sp³-hybridized carbons (Fsp3) is 0.357. The average molecular weight is 516 g/mol. The molecule has 3 heterocycles. The van der Waals surface area contributed by atoms with Gasteiger partial charge < -0.3 is 20.8 Å². The topological polar surface area (TPSA) is 131 Å². The predicted octanol–water partition coefficient (Wildman–Crippen LogP) is 3.33. The number of hydrogen-bond donors (Lipinski definition) is 3. The zero-order valence-electron chi connectivity index (χ0n) is 22.0. The first-order valence-electron chi connectivity index (χ1n) is 13.0. The Morgan fingerprint density at radius 1 is 1.21 bits per heavy atom. The molecule has 0 saturated carbocycles. The van der Waals surface area contributed by atoms with Crippen molar-refractivity contribution < 1.29 is 9.53 Å². The fourth-order valence-electron chi connectivity index (χ4n) is 4.89. The van der Waals surface area contributed by atoms with Gasteiger partial charge in [0.1, 0.15) is 17.1 Å². The Balaban J connectivity index is 1.35. The van der Waals surface area contributed by atoms with Gasteiger partial charge in [-0.1, -0.05) is 31.5 Å². The van der Waals surface area contributed by atoms with Gasteiger partial charge in [-0.05, 0) is 43.2 Å². The predicted molar refractivity (Wildman–Crippen MR) is 148 cm³/mol. The van der Waals surface area contributed by atoms with Gasteiger partial charge in [-0.25, -0.2) is 4.98 Å². The highest BCUT2D eigenvalue weighted by atomic mass is 16.5.